The van der Waals surface area contributed by atoms with Gasteiger partial charge in [-0.15, -0.1) is 0 Å². The van der Waals surface area contributed by atoms with Gasteiger partial charge in [0, 0.05) is 30.9 Å². The molecule has 0 saturated carbocycles. The van der Waals surface area contributed by atoms with Crippen LogP contribution in [0.4, 0.5) is 11.4 Å². The molecule has 0 unspecified atom stereocenters. The summed E-state index contributed by atoms with van der Waals surface area (Å²) in [6, 6.07) is 6.92. The second kappa shape index (κ2) is 8.99. The first kappa shape index (κ1) is 20.9. The molecule has 7 nitrogen and oxygen atoms in total. The highest BCUT2D eigenvalue weighted by Gasteiger charge is 2.23. The van der Waals surface area contributed by atoms with Gasteiger partial charge in [-0.3, -0.25) is 14.4 Å². The molecular formula is C20H29N3O4. The van der Waals surface area contributed by atoms with Crippen LogP contribution in [0.3, 0.4) is 0 Å². The van der Waals surface area contributed by atoms with Gasteiger partial charge in [0.15, 0.2) is 0 Å². The van der Waals surface area contributed by atoms with E-state index in [1.54, 1.807) is 23.1 Å². The Balaban J connectivity index is 1.89. The Morgan fingerprint density at radius 2 is 1.96 bits per heavy atom. The molecule has 0 spiro atoms. The molecule has 1 aromatic rings. The maximum Gasteiger partial charge on any atom is 0.313 e. The lowest BCUT2D eigenvalue weighted by molar-refractivity contribution is -0.136. The van der Waals surface area contributed by atoms with Crippen LogP contribution in [0, 0.1) is 5.41 Å². The van der Waals surface area contributed by atoms with Crippen LogP contribution in [0.1, 0.15) is 46.5 Å². The summed E-state index contributed by atoms with van der Waals surface area (Å²) >= 11 is 0. The van der Waals surface area contributed by atoms with E-state index in [0.717, 1.165) is 12.8 Å². The van der Waals surface area contributed by atoms with Crippen LogP contribution >= 0.6 is 0 Å². The third-order valence-corrected chi connectivity index (χ3v) is 4.65. The first-order valence-corrected chi connectivity index (χ1v) is 9.36. The second-order valence-corrected chi connectivity index (χ2v) is 7.93. The Kier molecular flexibility index (Phi) is 6.96. The van der Waals surface area contributed by atoms with E-state index in [1.807, 2.05) is 26.8 Å². The van der Waals surface area contributed by atoms with Gasteiger partial charge in [0.05, 0.1) is 6.10 Å². The number of nitrogens with zero attached hydrogens (tertiary/aromatic N) is 1. The first-order valence-electron chi connectivity index (χ1n) is 9.36. The van der Waals surface area contributed by atoms with Crippen molar-refractivity contribution in [1.82, 2.24) is 5.32 Å². The maximum absolute atomic E-state index is 12.1. The minimum absolute atomic E-state index is 0.0693. The molecule has 1 fully saturated rings. The van der Waals surface area contributed by atoms with Crippen molar-refractivity contribution < 1.29 is 19.5 Å². The zero-order chi connectivity index (χ0) is 20.0. The van der Waals surface area contributed by atoms with Gasteiger partial charge < -0.3 is 20.6 Å². The summed E-state index contributed by atoms with van der Waals surface area (Å²) in [5.74, 6) is -1.46. The molecule has 3 N–H and O–H groups in total. The van der Waals surface area contributed by atoms with Crippen LogP contribution in [-0.2, 0) is 14.4 Å². The number of hydrogen-bond acceptors (Lipinski definition) is 4. The van der Waals surface area contributed by atoms with Crippen LogP contribution in [0.15, 0.2) is 24.3 Å². The van der Waals surface area contributed by atoms with E-state index in [-0.39, 0.29) is 17.9 Å². The molecule has 1 aliphatic heterocycles. The smallest absolute Gasteiger partial charge is 0.313 e. The van der Waals surface area contributed by atoms with Crippen LogP contribution < -0.4 is 15.5 Å². The highest BCUT2D eigenvalue weighted by molar-refractivity contribution is 6.39. The minimum Gasteiger partial charge on any atom is -0.393 e. The predicted octanol–water partition coefficient (Wildman–Crippen LogP) is 2.06. The Bertz CT molecular complexity index is 697. The number of anilines is 2. The molecule has 0 bridgehead atoms. The average Bonchev–Trinajstić information content (AvgIpc) is 2.61. The number of carbonyl (C=O) groups excluding carboxylic acids is 3. The third kappa shape index (κ3) is 6.06. The Morgan fingerprint density at radius 3 is 2.63 bits per heavy atom. The van der Waals surface area contributed by atoms with Crippen molar-refractivity contribution in [2.24, 2.45) is 5.41 Å². The molecule has 3 amide bonds. The lowest BCUT2D eigenvalue weighted by Crippen LogP contribution is -2.38. The lowest BCUT2D eigenvalue weighted by atomic mass is 9.87. The Labute approximate surface area is 160 Å². The van der Waals surface area contributed by atoms with E-state index in [2.05, 4.69) is 10.6 Å². The van der Waals surface area contributed by atoms with Crippen molar-refractivity contribution in [2.45, 2.75) is 52.6 Å². The van der Waals surface area contributed by atoms with Gasteiger partial charge in [0.1, 0.15) is 0 Å². The SMILES string of the molecule is CC(C)(C)[C@H](O)CCNC(=O)C(=O)Nc1cccc(N2CCCCC2=O)c1. The van der Waals surface area contributed by atoms with E-state index >= 15 is 0 Å². The fraction of sp³-hybridized carbons (Fsp3) is 0.550. The topological polar surface area (TPSA) is 98.7 Å². The molecule has 0 radical (unpaired) electrons. The summed E-state index contributed by atoms with van der Waals surface area (Å²) in [6.45, 7) is 6.60. The summed E-state index contributed by atoms with van der Waals surface area (Å²) < 4.78 is 0. The molecular weight excluding hydrogens is 346 g/mol. The highest BCUT2D eigenvalue weighted by Crippen LogP contribution is 2.24. The highest BCUT2D eigenvalue weighted by atomic mass is 16.3. The van der Waals surface area contributed by atoms with E-state index < -0.39 is 17.9 Å². The van der Waals surface area contributed by atoms with Crippen LogP contribution in [-0.4, -0.2) is 42.0 Å². The Morgan fingerprint density at radius 1 is 1.22 bits per heavy atom. The molecule has 7 heteroatoms. The van der Waals surface area contributed by atoms with Gasteiger partial charge in [0.2, 0.25) is 5.91 Å². The van der Waals surface area contributed by atoms with Gasteiger partial charge in [0.25, 0.3) is 0 Å². The van der Waals surface area contributed by atoms with Crippen molar-refractivity contribution in [3.8, 4) is 0 Å². The largest absolute Gasteiger partial charge is 0.393 e. The van der Waals surface area contributed by atoms with Gasteiger partial charge in [-0.1, -0.05) is 26.8 Å². The van der Waals surface area contributed by atoms with Gasteiger partial charge in [-0.25, -0.2) is 0 Å². The van der Waals surface area contributed by atoms with Gasteiger partial charge in [-0.05, 0) is 42.9 Å². The molecule has 0 aromatic heterocycles. The average molecular weight is 375 g/mol. The van der Waals surface area contributed by atoms with Crippen LogP contribution in [0.2, 0.25) is 0 Å². The quantitative estimate of drug-likeness (QED) is 0.686. The zero-order valence-corrected chi connectivity index (χ0v) is 16.2. The molecule has 27 heavy (non-hydrogen) atoms. The first-order chi connectivity index (χ1) is 12.7. The minimum atomic E-state index is -0.776. The number of hydrogen-bond donors (Lipinski definition) is 3. The molecule has 0 aliphatic carbocycles. The number of aliphatic hydroxyl groups excluding tert-OH is 1. The normalized spacial score (nSPS) is 16.0. The van der Waals surface area contributed by atoms with Gasteiger partial charge >= 0.3 is 11.8 Å². The third-order valence-electron chi connectivity index (χ3n) is 4.65. The van der Waals surface area contributed by atoms with E-state index in [4.69, 9.17) is 0 Å². The molecule has 2 rings (SSSR count). The summed E-state index contributed by atoms with van der Waals surface area (Å²) in [5.41, 5.74) is 0.895. The molecule has 1 aromatic carbocycles. The predicted molar refractivity (Wildman–Crippen MR) is 104 cm³/mol. The van der Waals surface area contributed by atoms with Gasteiger partial charge in [-0.2, -0.15) is 0 Å². The fourth-order valence-corrected chi connectivity index (χ4v) is 2.85. The lowest BCUT2D eigenvalue weighted by Gasteiger charge is -2.27. The van der Waals surface area contributed by atoms with Crippen molar-refractivity contribution in [1.29, 1.82) is 0 Å². The van der Waals surface area contributed by atoms with Crippen molar-refractivity contribution >= 4 is 29.1 Å². The summed E-state index contributed by atoms with van der Waals surface area (Å²) in [6.07, 6.45) is 2.18. The van der Waals surface area contributed by atoms with Crippen molar-refractivity contribution in [2.75, 3.05) is 23.3 Å². The molecule has 1 atom stereocenters. The summed E-state index contributed by atoms with van der Waals surface area (Å²) in [7, 11) is 0. The molecule has 1 aliphatic rings. The van der Waals surface area contributed by atoms with Crippen molar-refractivity contribution in [3.05, 3.63) is 24.3 Å². The Hall–Kier alpha value is -2.41. The zero-order valence-electron chi connectivity index (χ0n) is 16.2. The van der Waals surface area contributed by atoms with Crippen LogP contribution in [0.25, 0.3) is 0 Å². The number of carbonyl (C=O) groups is 3. The van der Waals surface area contributed by atoms with Crippen molar-refractivity contribution in [3.63, 3.8) is 0 Å². The fourth-order valence-electron chi connectivity index (χ4n) is 2.85. The standard InChI is InChI=1S/C20H29N3O4/c1-20(2,3)16(24)10-11-21-18(26)19(27)22-14-7-6-8-15(13-14)23-12-5-4-9-17(23)25/h6-8,13,16,24H,4-5,9-12H2,1-3H3,(H,21,26)(H,22,27)/t16-/m1/s1. The summed E-state index contributed by atoms with van der Waals surface area (Å²) in [5, 5.41) is 15.0. The number of piperidine rings is 1. The molecule has 1 heterocycles. The number of amides is 3. The number of benzene rings is 1. The van der Waals surface area contributed by atoms with E-state index in [0.29, 0.717) is 30.8 Å². The number of rotatable bonds is 5. The second-order valence-electron chi connectivity index (χ2n) is 7.93. The summed E-state index contributed by atoms with van der Waals surface area (Å²) in [4.78, 5) is 37.8. The van der Waals surface area contributed by atoms with Crippen LogP contribution in [0.5, 0.6) is 0 Å². The number of aliphatic hydroxyl groups is 1. The number of nitrogens with one attached hydrogen (secondary N) is 2. The maximum atomic E-state index is 12.1. The molecule has 148 valence electrons. The van der Waals surface area contributed by atoms with E-state index in [1.165, 1.54) is 0 Å². The monoisotopic (exact) mass is 375 g/mol. The van der Waals surface area contributed by atoms with E-state index in [9.17, 15) is 19.5 Å². The molecule has 1 saturated heterocycles.